The Hall–Kier alpha value is -6.54. The number of hydrogen-bond acceptors (Lipinski definition) is 6. The number of pyridine rings is 2. The second-order valence-corrected chi connectivity index (χ2v) is 14.7. The number of fused-ring (bicyclic) bond motifs is 2. The van der Waals surface area contributed by atoms with Crippen molar-refractivity contribution in [2.75, 3.05) is 10.6 Å². The van der Waals surface area contributed by atoms with Gasteiger partial charge in [-0.15, -0.1) is 0 Å². The van der Waals surface area contributed by atoms with Gasteiger partial charge < -0.3 is 20.6 Å². The van der Waals surface area contributed by atoms with Crippen LogP contribution < -0.4 is 10.6 Å². The molecular weight excluding hydrogens is 681 g/mol. The van der Waals surface area contributed by atoms with Gasteiger partial charge in [-0.3, -0.25) is 19.6 Å². The largest absolute Gasteiger partial charge is 0.356 e. The van der Waals surface area contributed by atoms with Gasteiger partial charge in [0.2, 0.25) is 0 Å². The molecule has 2 aliphatic rings. The molecule has 8 heteroatoms. The minimum Gasteiger partial charge on any atom is -0.356 e. The van der Waals surface area contributed by atoms with Crippen molar-refractivity contribution in [3.8, 4) is 22.5 Å². The summed E-state index contributed by atoms with van der Waals surface area (Å²) in [4.78, 5) is 41.6. The molecule has 0 radical (unpaired) electrons. The number of rotatable bonds is 8. The molecule has 9 rings (SSSR count). The number of Topliss-reactive ketones (excluding diaryl/α,β-unsaturated/α-hetero) is 2. The Morgan fingerprint density at radius 3 is 1.45 bits per heavy atom. The summed E-state index contributed by atoms with van der Waals surface area (Å²) in [5, 5.41) is 6.97. The third-order valence-corrected chi connectivity index (χ3v) is 10.7. The van der Waals surface area contributed by atoms with E-state index in [-0.39, 0.29) is 17.5 Å². The maximum Gasteiger partial charge on any atom is 0.167 e. The van der Waals surface area contributed by atoms with E-state index in [0.717, 1.165) is 80.6 Å². The lowest BCUT2D eigenvalue weighted by Crippen LogP contribution is -2.23. The fourth-order valence-corrected chi connectivity index (χ4v) is 7.83. The Balaban J connectivity index is 0.000000156. The number of carbonyl (C=O) groups is 2. The van der Waals surface area contributed by atoms with Gasteiger partial charge in [-0.05, 0) is 84.7 Å². The van der Waals surface area contributed by atoms with E-state index < -0.39 is 0 Å². The number of aromatic amines is 2. The van der Waals surface area contributed by atoms with Crippen molar-refractivity contribution in [3.05, 3.63) is 168 Å². The normalized spacial score (nSPS) is 16.1. The molecule has 0 amide bonds. The molecular formula is C47H44N6O2. The van der Waals surface area contributed by atoms with Crippen LogP contribution in [-0.2, 0) is 12.8 Å². The summed E-state index contributed by atoms with van der Waals surface area (Å²) in [6, 6.07) is 38.1. The maximum atomic E-state index is 13.3. The van der Waals surface area contributed by atoms with E-state index in [1.54, 1.807) is 24.8 Å². The number of para-hydroxylation sites is 2. The zero-order valence-electron chi connectivity index (χ0n) is 31.1. The van der Waals surface area contributed by atoms with Gasteiger partial charge in [0, 0.05) is 71.5 Å². The number of ketones is 2. The summed E-state index contributed by atoms with van der Waals surface area (Å²) in [6.07, 6.45) is 9.97. The zero-order valence-corrected chi connectivity index (χ0v) is 31.1. The van der Waals surface area contributed by atoms with Gasteiger partial charge in [-0.25, -0.2) is 0 Å². The van der Waals surface area contributed by atoms with E-state index in [1.165, 1.54) is 5.56 Å². The van der Waals surface area contributed by atoms with Crippen LogP contribution in [-0.4, -0.2) is 31.5 Å². The highest BCUT2D eigenvalue weighted by Gasteiger charge is 2.34. The SMILES string of the molecule is CC(C)[C@@H]1CC(=O)c2c([nH]c(-c3ccncc3)c2Nc2ccccc2)C1.O=C1CC(c2ccccc2)Cc2[nH]c(-c3ccncc3)c(Nc3ccccc3)c21. The monoisotopic (exact) mass is 724 g/mol. The molecule has 1 unspecified atom stereocenters. The molecule has 2 atom stereocenters. The highest BCUT2D eigenvalue weighted by atomic mass is 16.1. The molecule has 2 aliphatic carbocycles. The molecule has 4 N–H and O–H groups in total. The van der Waals surface area contributed by atoms with Crippen LogP contribution in [0.2, 0.25) is 0 Å². The van der Waals surface area contributed by atoms with Gasteiger partial charge in [0.15, 0.2) is 11.6 Å². The molecule has 55 heavy (non-hydrogen) atoms. The maximum absolute atomic E-state index is 13.3. The Morgan fingerprint density at radius 1 is 0.545 bits per heavy atom. The first-order valence-electron chi connectivity index (χ1n) is 19.0. The van der Waals surface area contributed by atoms with Gasteiger partial charge in [-0.2, -0.15) is 0 Å². The fourth-order valence-electron chi connectivity index (χ4n) is 7.83. The van der Waals surface area contributed by atoms with Crippen molar-refractivity contribution in [2.24, 2.45) is 11.8 Å². The summed E-state index contributed by atoms with van der Waals surface area (Å²) in [5.41, 5.74) is 12.5. The summed E-state index contributed by atoms with van der Waals surface area (Å²) in [7, 11) is 0. The number of nitrogens with one attached hydrogen (secondary N) is 4. The highest BCUT2D eigenvalue weighted by molar-refractivity contribution is 6.08. The van der Waals surface area contributed by atoms with E-state index >= 15 is 0 Å². The van der Waals surface area contributed by atoms with Crippen LogP contribution in [0, 0.1) is 11.8 Å². The molecule has 0 spiro atoms. The predicted octanol–water partition coefficient (Wildman–Crippen LogP) is 11.0. The number of anilines is 4. The van der Waals surface area contributed by atoms with E-state index in [2.05, 4.69) is 56.5 Å². The van der Waals surface area contributed by atoms with E-state index in [0.29, 0.717) is 24.7 Å². The second kappa shape index (κ2) is 15.8. The van der Waals surface area contributed by atoms with Crippen LogP contribution in [0.3, 0.4) is 0 Å². The number of hydrogen-bond donors (Lipinski definition) is 4. The molecule has 0 saturated carbocycles. The standard InChI is InChI=1S/C25H21N3O.C22H23N3O/c29-22-16-19(17-7-3-1-4-8-17)15-21-23(22)25(27-20-9-5-2-6-10-20)24(28-21)18-11-13-26-14-12-18;1-14(2)16-12-18-20(19(26)13-16)22(24-17-6-4-3-5-7-17)21(25-18)15-8-10-23-11-9-15/h1-14,19,27-28H,15-16H2;3-11,14,16,24-25H,12-13H2,1-2H3/t;16-/m.0/s1. The lowest BCUT2D eigenvalue weighted by atomic mass is 9.80. The number of nitrogens with zero attached hydrogens (tertiary/aromatic N) is 2. The Morgan fingerprint density at radius 2 is 0.982 bits per heavy atom. The van der Waals surface area contributed by atoms with Gasteiger partial charge in [0.1, 0.15) is 0 Å². The van der Waals surface area contributed by atoms with Crippen molar-refractivity contribution in [3.63, 3.8) is 0 Å². The van der Waals surface area contributed by atoms with Crippen LogP contribution in [0.5, 0.6) is 0 Å². The van der Waals surface area contributed by atoms with Crippen molar-refractivity contribution in [1.29, 1.82) is 0 Å². The first kappa shape index (κ1) is 35.5. The molecule has 0 fully saturated rings. The quantitative estimate of drug-likeness (QED) is 0.124. The number of carbonyl (C=O) groups excluding carboxylic acids is 2. The number of aromatic nitrogens is 4. The zero-order chi connectivity index (χ0) is 37.7. The summed E-state index contributed by atoms with van der Waals surface area (Å²) in [5.74, 6) is 1.48. The second-order valence-electron chi connectivity index (χ2n) is 14.7. The third kappa shape index (κ3) is 7.62. The smallest absolute Gasteiger partial charge is 0.167 e. The highest BCUT2D eigenvalue weighted by Crippen LogP contribution is 2.43. The van der Waals surface area contributed by atoms with E-state index in [9.17, 15) is 9.59 Å². The summed E-state index contributed by atoms with van der Waals surface area (Å²) < 4.78 is 0. The molecule has 4 aromatic heterocycles. The fraction of sp³-hybridized carbons (Fsp3) is 0.191. The van der Waals surface area contributed by atoms with Crippen molar-refractivity contribution < 1.29 is 9.59 Å². The molecule has 4 heterocycles. The number of H-pyrrole nitrogens is 2. The predicted molar refractivity (Wildman–Crippen MR) is 220 cm³/mol. The van der Waals surface area contributed by atoms with Crippen LogP contribution in [0.25, 0.3) is 22.5 Å². The van der Waals surface area contributed by atoms with E-state index in [4.69, 9.17) is 0 Å². The van der Waals surface area contributed by atoms with Crippen LogP contribution >= 0.6 is 0 Å². The lowest BCUT2D eigenvalue weighted by molar-refractivity contribution is 0.0931. The molecule has 0 aliphatic heterocycles. The number of benzene rings is 3. The minimum atomic E-state index is 0.176. The third-order valence-electron chi connectivity index (χ3n) is 10.7. The van der Waals surface area contributed by atoms with Crippen molar-refractivity contribution in [1.82, 2.24) is 19.9 Å². The van der Waals surface area contributed by atoms with Crippen molar-refractivity contribution in [2.45, 2.75) is 45.4 Å². The topological polar surface area (TPSA) is 116 Å². The van der Waals surface area contributed by atoms with Gasteiger partial charge >= 0.3 is 0 Å². The van der Waals surface area contributed by atoms with Gasteiger partial charge in [0.25, 0.3) is 0 Å². The van der Waals surface area contributed by atoms with E-state index in [1.807, 2.05) is 103 Å². The van der Waals surface area contributed by atoms with Gasteiger partial charge in [0.05, 0.1) is 33.9 Å². The Labute approximate surface area is 321 Å². The molecule has 274 valence electrons. The average Bonchev–Trinajstić information content (AvgIpc) is 3.78. The molecule has 0 bridgehead atoms. The summed E-state index contributed by atoms with van der Waals surface area (Å²) in [6.45, 7) is 4.39. The van der Waals surface area contributed by atoms with Crippen LogP contribution in [0.4, 0.5) is 22.7 Å². The average molecular weight is 725 g/mol. The minimum absolute atomic E-state index is 0.176. The van der Waals surface area contributed by atoms with Gasteiger partial charge in [-0.1, -0.05) is 80.6 Å². The molecule has 3 aromatic carbocycles. The van der Waals surface area contributed by atoms with Crippen LogP contribution in [0.1, 0.15) is 70.3 Å². The first-order chi connectivity index (χ1) is 26.9. The Bertz CT molecular complexity index is 2390. The van der Waals surface area contributed by atoms with Crippen molar-refractivity contribution >= 4 is 34.3 Å². The first-order valence-corrected chi connectivity index (χ1v) is 19.0. The molecule has 8 nitrogen and oxygen atoms in total. The lowest BCUT2D eigenvalue weighted by Gasteiger charge is -2.25. The molecule has 0 saturated heterocycles. The molecule has 7 aromatic rings. The summed E-state index contributed by atoms with van der Waals surface area (Å²) >= 11 is 0. The van der Waals surface area contributed by atoms with Crippen LogP contribution in [0.15, 0.2) is 140 Å². The Kier molecular flexibility index (Phi) is 10.2.